The average Bonchev–Trinajstić information content (AvgIpc) is 2.98. The number of benzene rings is 6. The molecular formula is C34H18O4. The summed E-state index contributed by atoms with van der Waals surface area (Å²) in [7, 11) is 0. The highest BCUT2D eigenvalue weighted by Crippen LogP contribution is 2.49. The molecule has 0 unspecified atom stereocenters. The fourth-order valence-electron chi connectivity index (χ4n) is 5.75. The molecular weight excluding hydrogens is 472 g/mol. The number of hydrogen-bond donors (Lipinski definition) is 0. The van der Waals surface area contributed by atoms with Crippen molar-refractivity contribution < 1.29 is 18.4 Å². The van der Waals surface area contributed by atoms with Crippen molar-refractivity contribution in [1.29, 1.82) is 0 Å². The highest BCUT2D eigenvalue weighted by molar-refractivity contribution is 6.29. The van der Waals surface area contributed by atoms with Gasteiger partial charge >= 0.3 is 0 Å². The first kappa shape index (κ1) is 20.9. The predicted molar refractivity (Wildman–Crippen MR) is 149 cm³/mol. The van der Waals surface area contributed by atoms with Crippen molar-refractivity contribution >= 4 is 55.4 Å². The van der Waals surface area contributed by atoms with E-state index in [0.29, 0.717) is 44.6 Å². The van der Waals surface area contributed by atoms with Crippen LogP contribution in [0, 0.1) is 0 Å². The van der Waals surface area contributed by atoms with E-state index in [1.54, 1.807) is 0 Å². The third-order valence-electron chi connectivity index (χ3n) is 7.46. The Labute approximate surface area is 216 Å². The van der Waals surface area contributed by atoms with E-state index in [0.717, 1.165) is 32.7 Å². The number of hydrogen-bond acceptors (Lipinski definition) is 4. The lowest BCUT2D eigenvalue weighted by Gasteiger charge is -2.21. The second kappa shape index (κ2) is 7.64. The third-order valence-corrected chi connectivity index (χ3v) is 7.46. The van der Waals surface area contributed by atoms with E-state index in [1.807, 2.05) is 109 Å². The average molecular weight is 491 g/mol. The molecule has 4 nitrogen and oxygen atoms in total. The van der Waals surface area contributed by atoms with Crippen LogP contribution >= 0.6 is 0 Å². The fraction of sp³-hybridized carbons (Fsp3) is 0. The Balaban J connectivity index is 1.45. The van der Waals surface area contributed by atoms with E-state index < -0.39 is 0 Å². The molecule has 0 spiro atoms. The van der Waals surface area contributed by atoms with Crippen LogP contribution in [0.4, 0.5) is 0 Å². The normalized spacial score (nSPS) is 11.9. The maximum absolute atomic E-state index is 13.5. The Bertz CT molecular complexity index is 1990. The number of carbonyl (C=O) groups is 2. The second-order valence-electron chi connectivity index (χ2n) is 9.54. The van der Waals surface area contributed by atoms with Gasteiger partial charge in [-0.25, -0.2) is 0 Å². The Kier molecular flexibility index (Phi) is 4.21. The Morgan fingerprint density at radius 1 is 0.421 bits per heavy atom. The maximum atomic E-state index is 13.5. The zero-order chi connectivity index (χ0) is 25.4. The van der Waals surface area contributed by atoms with Gasteiger partial charge in [0.15, 0.2) is 11.6 Å². The molecule has 0 atom stereocenters. The van der Waals surface area contributed by atoms with E-state index in [1.165, 1.54) is 0 Å². The van der Waals surface area contributed by atoms with E-state index in [4.69, 9.17) is 8.83 Å². The van der Waals surface area contributed by atoms with Crippen LogP contribution < -0.4 is 0 Å². The van der Waals surface area contributed by atoms with Gasteiger partial charge in [0.2, 0.25) is 0 Å². The number of ketones is 2. The molecule has 38 heavy (non-hydrogen) atoms. The van der Waals surface area contributed by atoms with Gasteiger partial charge in [-0.3, -0.25) is 9.59 Å². The molecule has 8 rings (SSSR count). The summed E-state index contributed by atoms with van der Waals surface area (Å²) in [6.07, 6.45) is 0. The second-order valence-corrected chi connectivity index (χ2v) is 9.54. The molecule has 0 aromatic heterocycles. The maximum Gasteiger partial charge on any atom is 0.193 e. The van der Waals surface area contributed by atoms with Crippen molar-refractivity contribution in [2.24, 2.45) is 0 Å². The van der Waals surface area contributed by atoms with Gasteiger partial charge in [0.05, 0.1) is 0 Å². The lowest BCUT2D eigenvalue weighted by atomic mass is 9.86. The quantitative estimate of drug-likeness (QED) is 0.141. The van der Waals surface area contributed by atoms with Crippen LogP contribution in [-0.2, 0) is 0 Å². The van der Waals surface area contributed by atoms with Crippen LogP contribution in [0.15, 0.2) is 118 Å². The van der Waals surface area contributed by atoms with Crippen LogP contribution in [0.1, 0.15) is 31.8 Å². The lowest BCUT2D eigenvalue weighted by molar-refractivity contribution is 0.103. The molecule has 0 aliphatic carbocycles. The third kappa shape index (κ3) is 2.80. The van der Waals surface area contributed by atoms with Crippen molar-refractivity contribution in [3.05, 3.63) is 131 Å². The van der Waals surface area contributed by atoms with Crippen molar-refractivity contribution in [2.45, 2.75) is 0 Å². The van der Waals surface area contributed by atoms with Crippen LogP contribution in [0.3, 0.4) is 0 Å². The molecule has 0 amide bonds. The summed E-state index contributed by atoms with van der Waals surface area (Å²) < 4.78 is 12.8. The zero-order valence-electron chi connectivity index (χ0n) is 20.0. The summed E-state index contributed by atoms with van der Waals surface area (Å²) in [6, 6.07) is 33.6. The first-order chi connectivity index (χ1) is 18.7. The van der Waals surface area contributed by atoms with Crippen LogP contribution in [0.25, 0.3) is 55.0 Å². The van der Waals surface area contributed by atoms with Crippen molar-refractivity contribution in [1.82, 2.24) is 0 Å². The molecule has 0 bridgehead atoms. The standard InChI is InChI=1S/C34H18O4/c35-33(19-7-3-1-4-8-19)23-13-17-25-29-21(23)11-15-27-31(29)32-28(37-25)16-12-22-24(14-18-26(38-27)30(22)32)34(36)20-9-5-2-6-10-20/h1-18H. The Hall–Kier alpha value is -5.22. The lowest BCUT2D eigenvalue weighted by Crippen LogP contribution is -2.05. The molecule has 0 radical (unpaired) electrons. The molecule has 6 aromatic rings. The predicted octanol–water partition coefficient (Wildman–Crippen LogP) is 8.49. The van der Waals surface area contributed by atoms with E-state index in [9.17, 15) is 9.59 Å². The summed E-state index contributed by atoms with van der Waals surface area (Å²) >= 11 is 0. The van der Waals surface area contributed by atoms with E-state index in [-0.39, 0.29) is 11.6 Å². The molecule has 0 saturated heterocycles. The van der Waals surface area contributed by atoms with E-state index >= 15 is 0 Å². The largest absolute Gasteiger partial charge is 0.456 e. The van der Waals surface area contributed by atoms with Gasteiger partial charge in [0.25, 0.3) is 0 Å². The van der Waals surface area contributed by atoms with Crippen LogP contribution in [0.2, 0.25) is 0 Å². The molecule has 2 aliphatic rings. The summed E-state index contributed by atoms with van der Waals surface area (Å²) in [6.45, 7) is 0. The van der Waals surface area contributed by atoms with Crippen molar-refractivity contribution in [3.8, 4) is 11.1 Å². The molecule has 4 heteroatoms. The van der Waals surface area contributed by atoms with Gasteiger partial charge in [0.1, 0.15) is 22.3 Å². The molecule has 0 fully saturated rings. The van der Waals surface area contributed by atoms with Gasteiger partial charge < -0.3 is 8.83 Å². The summed E-state index contributed by atoms with van der Waals surface area (Å²) in [5.74, 6) is -0.0945. The van der Waals surface area contributed by atoms with E-state index in [2.05, 4.69) is 0 Å². The monoisotopic (exact) mass is 490 g/mol. The topological polar surface area (TPSA) is 60.4 Å². The van der Waals surface area contributed by atoms with Gasteiger partial charge in [0, 0.05) is 44.2 Å². The van der Waals surface area contributed by atoms with Gasteiger partial charge in [-0.05, 0) is 59.3 Å². The van der Waals surface area contributed by atoms with Crippen molar-refractivity contribution in [2.75, 3.05) is 0 Å². The molecule has 2 heterocycles. The molecule has 2 aliphatic heterocycles. The van der Waals surface area contributed by atoms with Crippen LogP contribution in [-0.4, -0.2) is 11.6 Å². The summed E-state index contributed by atoms with van der Waals surface area (Å²) in [5.41, 5.74) is 7.02. The first-order valence-electron chi connectivity index (χ1n) is 12.4. The number of carbonyl (C=O) groups excluding carboxylic acids is 2. The minimum atomic E-state index is -0.0472. The minimum absolute atomic E-state index is 0.0472. The fourth-order valence-corrected chi connectivity index (χ4v) is 5.75. The SMILES string of the molecule is O=C(c1ccccc1)c1ccc2oc3ccc4c(C(=O)c5ccccc5)ccc5oc6ccc1c2c6-c3c54. The molecule has 0 N–H and O–H groups in total. The first-order valence-corrected chi connectivity index (χ1v) is 12.4. The smallest absolute Gasteiger partial charge is 0.193 e. The van der Waals surface area contributed by atoms with Gasteiger partial charge in [-0.15, -0.1) is 0 Å². The Morgan fingerprint density at radius 3 is 1.24 bits per heavy atom. The number of rotatable bonds is 4. The summed E-state index contributed by atoms with van der Waals surface area (Å²) in [5, 5.41) is 3.30. The summed E-state index contributed by atoms with van der Waals surface area (Å²) in [4.78, 5) is 27.0. The van der Waals surface area contributed by atoms with Crippen LogP contribution in [0.5, 0.6) is 0 Å². The molecule has 6 aromatic carbocycles. The highest BCUT2D eigenvalue weighted by atomic mass is 16.3. The highest BCUT2D eigenvalue weighted by Gasteiger charge is 2.27. The minimum Gasteiger partial charge on any atom is -0.456 e. The Morgan fingerprint density at radius 2 is 0.816 bits per heavy atom. The molecule has 178 valence electrons. The van der Waals surface area contributed by atoms with Gasteiger partial charge in [-0.2, -0.15) is 0 Å². The zero-order valence-corrected chi connectivity index (χ0v) is 20.0. The van der Waals surface area contributed by atoms with Gasteiger partial charge in [-0.1, -0.05) is 60.7 Å². The van der Waals surface area contributed by atoms with Crippen molar-refractivity contribution in [3.63, 3.8) is 0 Å². The molecule has 0 saturated carbocycles.